The lowest BCUT2D eigenvalue weighted by molar-refractivity contribution is -0.386. The second kappa shape index (κ2) is 6.44. The summed E-state index contributed by atoms with van der Waals surface area (Å²) < 4.78 is 40.9. The van der Waals surface area contributed by atoms with E-state index in [0.29, 0.717) is 25.0 Å². The Labute approximate surface area is 115 Å². The summed E-state index contributed by atoms with van der Waals surface area (Å²) in [7, 11) is -4.38. The number of allylic oxidation sites excluding steroid dienone is 1. The average Bonchev–Trinajstić information content (AvgIpc) is 2.32. The largest absolute Gasteiger partial charge is 0.487 e. The minimum absolute atomic E-state index is 0.112. The first-order valence-electron chi connectivity index (χ1n) is 5.51. The van der Waals surface area contributed by atoms with Crippen molar-refractivity contribution in [1.82, 2.24) is 0 Å². The van der Waals surface area contributed by atoms with E-state index in [2.05, 4.69) is 6.58 Å². The summed E-state index contributed by atoms with van der Waals surface area (Å²) in [5.41, 5.74) is -0.658. The van der Waals surface area contributed by atoms with Crippen LogP contribution >= 0.6 is 0 Å². The molecular weight excluding hydrogens is 291 g/mol. The van der Waals surface area contributed by atoms with E-state index >= 15 is 0 Å². The van der Waals surface area contributed by atoms with Gasteiger partial charge in [-0.3, -0.25) is 10.1 Å². The standard InChI is InChI=1S/C11H13FN2O5S/c1-2-3-4-5-19-10-6-8(12)11(20(13,17)18)7-9(10)14(15)16/h2,6-7H,1,3-5H2,(H2,13,17,18). The zero-order valence-corrected chi connectivity index (χ0v) is 11.2. The van der Waals surface area contributed by atoms with Crippen LogP contribution in [0.25, 0.3) is 0 Å². The molecule has 0 fully saturated rings. The maximum Gasteiger partial charge on any atom is 0.312 e. The highest BCUT2D eigenvalue weighted by Gasteiger charge is 2.24. The number of nitro groups is 1. The van der Waals surface area contributed by atoms with Crippen LogP contribution in [0.5, 0.6) is 5.75 Å². The van der Waals surface area contributed by atoms with Crippen LogP contribution < -0.4 is 9.88 Å². The number of unbranched alkanes of at least 4 members (excludes halogenated alkanes) is 1. The predicted octanol–water partition coefficient (Wildman–Crippen LogP) is 1.73. The molecular formula is C11H13FN2O5S. The van der Waals surface area contributed by atoms with Crippen molar-refractivity contribution in [3.8, 4) is 5.75 Å². The smallest absolute Gasteiger partial charge is 0.312 e. The highest BCUT2D eigenvalue weighted by Crippen LogP contribution is 2.31. The molecule has 2 N–H and O–H groups in total. The van der Waals surface area contributed by atoms with Crippen LogP contribution in [0.15, 0.2) is 29.7 Å². The Balaban J connectivity index is 3.15. The molecule has 1 rings (SSSR count). The molecule has 9 heteroatoms. The topological polar surface area (TPSA) is 113 Å². The number of hydrogen-bond acceptors (Lipinski definition) is 5. The van der Waals surface area contributed by atoms with Crippen LogP contribution in [0.4, 0.5) is 10.1 Å². The Morgan fingerprint density at radius 1 is 1.50 bits per heavy atom. The molecule has 0 unspecified atom stereocenters. The van der Waals surface area contributed by atoms with Gasteiger partial charge in [-0.25, -0.2) is 17.9 Å². The van der Waals surface area contributed by atoms with E-state index in [9.17, 15) is 22.9 Å². The number of nitrogens with two attached hydrogens (primary N) is 1. The molecule has 7 nitrogen and oxygen atoms in total. The second-order valence-corrected chi connectivity index (χ2v) is 5.36. The first-order chi connectivity index (χ1) is 9.27. The molecule has 20 heavy (non-hydrogen) atoms. The third kappa shape index (κ3) is 4.00. The molecule has 1 aromatic carbocycles. The number of primary sulfonamides is 1. The van der Waals surface area contributed by atoms with Gasteiger partial charge in [0.25, 0.3) is 0 Å². The normalized spacial score (nSPS) is 11.1. The number of halogens is 1. The number of benzene rings is 1. The van der Waals surface area contributed by atoms with Crippen molar-refractivity contribution >= 4 is 15.7 Å². The fourth-order valence-corrected chi connectivity index (χ4v) is 2.02. The van der Waals surface area contributed by atoms with Crippen LogP contribution in [0.3, 0.4) is 0 Å². The van der Waals surface area contributed by atoms with Crippen LogP contribution in [0, 0.1) is 15.9 Å². The summed E-state index contributed by atoms with van der Waals surface area (Å²) in [6, 6.07) is 1.19. The van der Waals surface area contributed by atoms with Crippen molar-refractivity contribution in [3.63, 3.8) is 0 Å². The van der Waals surface area contributed by atoms with Crippen molar-refractivity contribution in [2.45, 2.75) is 17.7 Å². The van der Waals surface area contributed by atoms with Crippen LogP contribution in [-0.4, -0.2) is 19.9 Å². The van der Waals surface area contributed by atoms with E-state index in [0.717, 1.165) is 0 Å². The van der Waals surface area contributed by atoms with Gasteiger partial charge in [-0.2, -0.15) is 0 Å². The average molecular weight is 304 g/mol. The highest BCUT2D eigenvalue weighted by atomic mass is 32.2. The maximum atomic E-state index is 13.6. The lowest BCUT2D eigenvalue weighted by Crippen LogP contribution is -2.15. The summed E-state index contributed by atoms with van der Waals surface area (Å²) in [4.78, 5) is 9.05. The Kier molecular flexibility index (Phi) is 5.17. The van der Waals surface area contributed by atoms with Gasteiger partial charge in [-0.05, 0) is 12.8 Å². The minimum Gasteiger partial charge on any atom is -0.487 e. The molecule has 0 saturated heterocycles. The SMILES string of the molecule is C=CCCCOc1cc(F)c(S(N)(=O)=O)cc1[N+](=O)[O-]. The first kappa shape index (κ1) is 16.1. The Morgan fingerprint density at radius 3 is 2.65 bits per heavy atom. The van der Waals surface area contributed by atoms with Crippen molar-refractivity contribution in [1.29, 1.82) is 0 Å². The molecule has 0 aliphatic rings. The quantitative estimate of drug-likeness (QED) is 0.357. The molecule has 0 radical (unpaired) electrons. The van der Waals surface area contributed by atoms with Crippen molar-refractivity contribution in [3.05, 3.63) is 40.7 Å². The molecule has 1 aromatic rings. The lowest BCUT2D eigenvalue weighted by Gasteiger charge is -2.08. The van der Waals surface area contributed by atoms with Crippen molar-refractivity contribution in [2.24, 2.45) is 5.14 Å². The van der Waals surface area contributed by atoms with E-state index in [1.807, 2.05) is 0 Å². The molecule has 0 saturated carbocycles. The zero-order valence-electron chi connectivity index (χ0n) is 10.4. The Morgan fingerprint density at radius 2 is 2.15 bits per heavy atom. The van der Waals surface area contributed by atoms with E-state index in [1.54, 1.807) is 6.08 Å². The Hall–Kier alpha value is -2.00. The molecule has 0 bridgehead atoms. The van der Waals surface area contributed by atoms with Gasteiger partial charge in [-0.15, -0.1) is 6.58 Å². The third-order valence-electron chi connectivity index (χ3n) is 2.33. The fraction of sp³-hybridized carbons (Fsp3) is 0.273. The predicted molar refractivity (Wildman–Crippen MR) is 69.4 cm³/mol. The van der Waals surface area contributed by atoms with Gasteiger partial charge in [-0.1, -0.05) is 6.08 Å². The maximum absolute atomic E-state index is 13.6. The van der Waals surface area contributed by atoms with Crippen LogP contribution in [0.2, 0.25) is 0 Å². The van der Waals surface area contributed by atoms with Crippen LogP contribution in [0.1, 0.15) is 12.8 Å². The first-order valence-corrected chi connectivity index (χ1v) is 7.06. The molecule has 110 valence electrons. The van der Waals surface area contributed by atoms with Gasteiger partial charge in [0, 0.05) is 12.1 Å². The van der Waals surface area contributed by atoms with Crippen molar-refractivity contribution in [2.75, 3.05) is 6.61 Å². The summed E-state index contributed by atoms with van der Waals surface area (Å²) >= 11 is 0. The van der Waals surface area contributed by atoms with E-state index in [-0.39, 0.29) is 12.4 Å². The number of ether oxygens (including phenoxy) is 1. The van der Waals surface area contributed by atoms with E-state index in [4.69, 9.17) is 9.88 Å². The number of rotatable bonds is 7. The molecule has 0 spiro atoms. The van der Waals surface area contributed by atoms with Gasteiger partial charge in [0.05, 0.1) is 11.5 Å². The monoisotopic (exact) mass is 304 g/mol. The summed E-state index contributed by atoms with van der Waals surface area (Å²) in [6.45, 7) is 3.61. The Bertz CT molecular complexity index is 630. The van der Waals surface area contributed by atoms with E-state index < -0.39 is 31.3 Å². The second-order valence-electron chi connectivity index (χ2n) is 3.83. The third-order valence-corrected chi connectivity index (χ3v) is 3.25. The number of nitrogens with zero attached hydrogens (tertiary/aromatic N) is 1. The molecule has 0 heterocycles. The highest BCUT2D eigenvalue weighted by molar-refractivity contribution is 7.89. The minimum atomic E-state index is -4.38. The zero-order chi connectivity index (χ0) is 15.3. The number of hydrogen-bond donors (Lipinski definition) is 1. The molecule has 0 amide bonds. The lowest BCUT2D eigenvalue weighted by atomic mass is 10.3. The van der Waals surface area contributed by atoms with Crippen LogP contribution in [-0.2, 0) is 10.0 Å². The van der Waals surface area contributed by atoms with E-state index in [1.165, 1.54) is 0 Å². The molecule has 0 aliphatic carbocycles. The van der Waals surface area contributed by atoms with Gasteiger partial charge in [0.1, 0.15) is 10.7 Å². The number of nitro benzene ring substituents is 1. The van der Waals surface area contributed by atoms with Crippen molar-refractivity contribution < 1.29 is 22.5 Å². The van der Waals surface area contributed by atoms with Gasteiger partial charge < -0.3 is 4.74 Å². The molecule has 0 aliphatic heterocycles. The fourth-order valence-electron chi connectivity index (χ4n) is 1.41. The van der Waals surface area contributed by atoms with Gasteiger partial charge >= 0.3 is 5.69 Å². The molecule has 0 atom stereocenters. The summed E-state index contributed by atoms with van der Waals surface area (Å²) in [5.74, 6) is -1.54. The summed E-state index contributed by atoms with van der Waals surface area (Å²) in [6.07, 6.45) is 2.81. The van der Waals surface area contributed by atoms with Gasteiger partial charge in [0.2, 0.25) is 10.0 Å². The summed E-state index contributed by atoms with van der Waals surface area (Å²) in [5, 5.41) is 15.6. The number of sulfonamides is 1. The molecule has 0 aromatic heterocycles. The van der Waals surface area contributed by atoms with Gasteiger partial charge in [0.15, 0.2) is 5.75 Å².